The number of hydrogen-bond acceptors (Lipinski definition) is 3. The van der Waals surface area contributed by atoms with Crippen LogP contribution in [0.2, 0.25) is 0 Å². The number of aliphatic hydroxyl groups excluding tert-OH is 1. The normalized spacial score (nSPS) is 12.6. The molecule has 0 saturated heterocycles. The monoisotopic (exact) mass is 231 g/mol. The van der Waals surface area contributed by atoms with Gasteiger partial charge in [-0.05, 0) is 28.5 Å². The van der Waals surface area contributed by atoms with Gasteiger partial charge in [0.15, 0.2) is 0 Å². The molecule has 1 atom stereocenters. The molecule has 2 aromatic carbocycles. The molecule has 17 heavy (non-hydrogen) atoms. The SMILES string of the molecule is COc1ccc2cc(C(CN)CO)ccc2c1. The van der Waals surface area contributed by atoms with Gasteiger partial charge in [0, 0.05) is 12.5 Å². The molecule has 0 amide bonds. The lowest BCUT2D eigenvalue weighted by molar-refractivity contribution is 0.268. The number of fused-ring (bicyclic) bond motifs is 1. The summed E-state index contributed by atoms with van der Waals surface area (Å²) in [6.45, 7) is 0.538. The van der Waals surface area contributed by atoms with Crippen molar-refractivity contribution in [3.05, 3.63) is 42.0 Å². The van der Waals surface area contributed by atoms with Crippen LogP contribution in [0.1, 0.15) is 11.5 Å². The predicted molar refractivity (Wildman–Crippen MR) is 69.4 cm³/mol. The van der Waals surface area contributed by atoms with Crippen molar-refractivity contribution in [2.24, 2.45) is 5.73 Å². The van der Waals surface area contributed by atoms with Gasteiger partial charge in [-0.25, -0.2) is 0 Å². The van der Waals surface area contributed by atoms with Crippen molar-refractivity contribution in [3.63, 3.8) is 0 Å². The molecule has 0 aliphatic rings. The second kappa shape index (κ2) is 5.17. The Balaban J connectivity index is 2.44. The minimum Gasteiger partial charge on any atom is -0.497 e. The third kappa shape index (κ3) is 2.40. The maximum Gasteiger partial charge on any atom is 0.119 e. The number of nitrogens with two attached hydrogens (primary N) is 1. The van der Waals surface area contributed by atoms with E-state index in [0.717, 1.165) is 22.1 Å². The van der Waals surface area contributed by atoms with Gasteiger partial charge >= 0.3 is 0 Å². The molecule has 0 aromatic heterocycles. The quantitative estimate of drug-likeness (QED) is 0.844. The molecule has 0 fully saturated rings. The fourth-order valence-electron chi connectivity index (χ4n) is 1.94. The molecular weight excluding hydrogens is 214 g/mol. The minimum atomic E-state index is 0.0153. The molecule has 0 bridgehead atoms. The first kappa shape index (κ1) is 11.9. The zero-order valence-electron chi connectivity index (χ0n) is 9.89. The van der Waals surface area contributed by atoms with Crippen LogP contribution in [0.25, 0.3) is 10.8 Å². The van der Waals surface area contributed by atoms with E-state index in [0.29, 0.717) is 6.54 Å². The second-order valence-corrected chi connectivity index (χ2v) is 4.09. The first-order valence-corrected chi connectivity index (χ1v) is 5.67. The van der Waals surface area contributed by atoms with Gasteiger partial charge < -0.3 is 15.6 Å². The Morgan fingerprint density at radius 3 is 2.53 bits per heavy atom. The topological polar surface area (TPSA) is 55.5 Å². The molecule has 2 aromatic rings. The van der Waals surface area contributed by atoms with E-state index in [-0.39, 0.29) is 12.5 Å². The number of benzene rings is 2. The summed E-state index contributed by atoms with van der Waals surface area (Å²) < 4.78 is 5.18. The number of ether oxygens (including phenoxy) is 1. The van der Waals surface area contributed by atoms with E-state index in [2.05, 4.69) is 6.07 Å². The van der Waals surface area contributed by atoms with Crippen molar-refractivity contribution in [1.29, 1.82) is 0 Å². The maximum absolute atomic E-state index is 9.23. The van der Waals surface area contributed by atoms with Crippen molar-refractivity contribution in [2.45, 2.75) is 5.92 Å². The highest BCUT2D eigenvalue weighted by Gasteiger charge is 2.08. The van der Waals surface area contributed by atoms with Crippen LogP contribution in [-0.2, 0) is 0 Å². The molecule has 3 N–H and O–H groups in total. The average Bonchev–Trinajstić information content (AvgIpc) is 2.39. The van der Waals surface area contributed by atoms with Crippen molar-refractivity contribution in [1.82, 2.24) is 0 Å². The fraction of sp³-hybridized carbons (Fsp3) is 0.286. The Morgan fingerprint density at radius 1 is 1.18 bits per heavy atom. The van der Waals surface area contributed by atoms with E-state index in [4.69, 9.17) is 10.5 Å². The Kier molecular flexibility index (Phi) is 3.61. The van der Waals surface area contributed by atoms with Crippen LogP contribution < -0.4 is 10.5 Å². The first-order valence-electron chi connectivity index (χ1n) is 5.67. The van der Waals surface area contributed by atoms with Gasteiger partial charge in [0.2, 0.25) is 0 Å². The molecule has 3 nitrogen and oxygen atoms in total. The van der Waals surface area contributed by atoms with Gasteiger partial charge in [0.05, 0.1) is 13.7 Å². The molecule has 0 aliphatic carbocycles. The summed E-state index contributed by atoms with van der Waals surface area (Å²) >= 11 is 0. The highest BCUT2D eigenvalue weighted by molar-refractivity contribution is 5.84. The fourth-order valence-corrected chi connectivity index (χ4v) is 1.94. The van der Waals surface area contributed by atoms with E-state index in [9.17, 15) is 5.11 Å². The Labute approximate surface area is 101 Å². The molecule has 0 spiro atoms. The number of aliphatic hydroxyl groups is 1. The number of rotatable bonds is 4. The summed E-state index contributed by atoms with van der Waals surface area (Å²) in [4.78, 5) is 0. The second-order valence-electron chi connectivity index (χ2n) is 4.09. The number of hydrogen-bond donors (Lipinski definition) is 2. The average molecular weight is 231 g/mol. The summed E-state index contributed by atoms with van der Waals surface area (Å²) in [6, 6.07) is 12.1. The van der Waals surface area contributed by atoms with Crippen LogP contribution in [0.15, 0.2) is 36.4 Å². The van der Waals surface area contributed by atoms with Crippen LogP contribution in [0.3, 0.4) is 0 Å². The van der Waals surface area contributed by atoms with E-state index in [1.807, 2.05) is 30.3 Å². The molecular formula is C14H17NO2. The van der Waals surface area contributed by atoms with Crippen molar-refractivity contribution in [3.8, 4) is 5.75 Å². The maximum atomic E-state index is 9.23. The summed E-state index contributed by atoms with van der Waals surface area (Å²) in [5.74, 6) is 0.865. The van der Waals surface area contributed by atoms with E-state index in [1.54, 1.807) is 7.11 Å². The van der Waals surface area contributed by atoms with Crippen LogP contribution in [0.5, 0.6) is 5.75 Å². The molecule has 2 rings (SSSR count). The Morgan fingerprint density at radius 2 is 1.88 bits per heavy atom. The lowest BCUT2D eigenvalue weighted by Gasteiger charge is -2.13. The lowest BCUT2D eigenvalue weighted by Crippen LogP contribution is -2.15. The first-order chi connectivity index (χ1) is 8.28. The Hall–Kier alpha value is -1.58. The standard InChI is InChI=1S/C14H17NO2/c1-17-14-5-4-10-6-11(13(8-15)9-16)2-3-12(10)7-14/h2-7,13,16H,8-9,15H2,1H3. The van der Waals surface area contributed by atoms with Crippen LogP contribution in [0, 0.1) is 0 Å². The molecule has 0 radical (unpaired) electrons. The van der Waals surface area contributed by atoms with Gasteiger partial charge in [0.1, 0.15) is 5.75 Å². The van der Waals surface area contributed by atoms with Crippen LogP contribution >= 0.6 is 0 Å². The highest BCUT2D eigenvalue weighted by atomic mass is 16.5. The third-order valence-electron chi connectivity index (χ3n) is 3.05. The van der Waals surface area contributed by atoms with Crippen molar-refractivity contribution >= 4 is 10.8 Å². The van der Waals surface area contributed by atoms with Gasteiger partial charge in [-0.2, -0.15) is 0 Å². The van der Waals surface area contributed by atoms with Gasteiger partial charge in [0.25, 0.3) is 0 Å². The highest BCUT2D eigenvalue weighted by Crippen LogP contribution is 2.24. The molecule has 1 unspecified atom stereocenters. The summed E-state index contributed by atoms with van der Waals surface area (Å²) in [5.41, 5.74) is 6.70. The molecule has 0 heterocycles. The van der Waals surface area contributed by atoms with Crippen molar-refractivity contribution in [2.75, 3.05) is 20.3 Å². The smallest absolute Gasteiger partial charge is 0.119 e. The van der Waals surface area contributed by atoms with E-state index in [1.165, 1.54) is 0 Å². The van der Waals surface area contributed by atoms with Gasteiger partial charge in [-0.1, -0.05) is 24.3 Å². The van der Waals surface area contributed by atoms with E-state index < -0.39 is 0 Å². The largest absolute Gasteiger partial charge is 0.497 e. The van der Waals surface area contributed by atoms with Crippen molar-refractivity contribution < 1.29 is 9.84 Å². The molecule has 3 heteroatoms. The Bertz CT molecular complexity index is 507. The summed E-state index contributed by atoms with van der Waals surface area (Å²) in [6.07, 6.45) is 0. The summed E-state index contributed by atoms with van der Waals surface area (Å²) in [7, 11) is 1.66. The molecule has 0 aliphatic heterocycles. The van der Waals surface area contributed by atoms with E-state index >= 15 is 0 Å². The molecule has 90 valence electrons. The third-order valence-corrected chi connectivity index (χ3v) is 3.05. The lowest BCUT2D eigenvalue weighted by atomic mass is 9.97. The van der Waals surface area contributed by atoms with Crippen LogP contribution in [-0.4, -0.2) is 25.4 Å². The molecule has 0 saturated carbocycles. The zero-order valence-corrected chi connectivity index (χ0v) is 9.89. The number of methoxy groups -OCH3 is 1. The zero-order chi connectivity index (χ0) is 12.3. The van der Waals surface area contributed by atoms with Gasteiger partial charge in [-0.15, -0.1) is 0 Å². The van der Waals surface area contributed by atoms with Gasteiger partial charge in [-0.3, -0.25) is 0 Å². The van der Waals surface area contributed by atoms with Crippen LogP contribution in [0.4, 0.5) is 0 Å². The summed E-state index contributed by atoms with van der Waals surface area (Å²) in [5, 5.41) is 11.5. The predicted octanol–water partition coefficient (Wildman–Crippen LogP) is 1.88. The minimum absolute atomic E-state index is 0.0153.